The number of amides is 1. The Kier molecular flexibility index (Phi) is 3.95. The van der Waals surface area contributed by atoms with E-state index >= 15 is 0 Å². The molecular formula is C11H16ClN3O2. The van der Waals surface area contributed by atoms with Crippen molar-refractivity contribution in [2.24, 2.45) is 0 Å². The number of likely N-dealkylation sites (N-methyl/N-ethyl adjacent to an activating group) is 1. The van der Waals surface area contributed by atoms with E-state index in [4.69, 9.17) is 17.3 Å². The summed E-state index contributed by atoms with van der Waals surface area (Å²) in [6, 6.07) is 1.42. The molecule has 17 heavy (non-hydrogen) atoms. The van der Waals surface area contributed by atoms with Crippen LogP contribution < -0.4 is 5.73 Å². The summed E-state index contributed by atoms with van der Waals surface area (Å²) in [6.07, 6.45) is 1.34. The Morgan fingerprint density at radius 2 is 2.24 bits per heavy atom. The zero-order chi connectivity index (χ0) is 13.2. The summed E-state index contributed by atoms with van der Waals surface area (Å²) < 4.78 is 0. The number of carbonyl (C=O) groups is 1. The monoisotopic (exact) mass is 257 g/mol. The number of aromatic nitrogens is 1. The molecule has 6 heteroatoms. The van der Waals surface area contributed by atoms with E-state index in [1.165, 1.54) is 17.2 Å². The van der Waals surface area contributed by atoms with E-state index in [2.05, 4.69) is 4.98 Å². The first-order valence-corrected chi connectivity index (χ1v) is 5.47. The van der Waals surface area contributed by atoms with Crippen molar-refractivity contribution in [3.63, 3.8) is 0 Å². The Balaban J connectivity index is 2.93. The van der Waals surface area contributed by atoms with Crippen LogP contribution in [0.4, 0.5) is 5.69 Å². The SMILES string of the molecule is CN(CC(C)(C)O)C(=O)c1cc(Cl)ncc1N. The molecule has 5 nitrogen and oxygen atoms in total. The van der Waals surface area contributed by atoms with E-state index in [1.807, 2.05) is 0 Å². The minimum absolute atomic E-state index is 0.200. The van der Waals surface area contributed by atoms with E-state index in [0.29, 0.717) is 0 Å². The Morgan fingerprint density at radius 3 is 2.76 bits per heavy atom. The number of nitrogen functional groups attached to an aromatic ring is 1. The predicted octanol–water partition coefficient (Wildman–Crippen LogP) is 1.16. The first-order chi connectivity index (χ1) is 7.70. The van der Waals surface area contributed by atoms with Crippen LogP contribution in [0.1, 0.15) is 24.2 Å². The van der Waals surface area contributed by atoms with Crippen LogP contribution in [-0.2, 0) is 0 Å². The van der Waals surface area contributed by atoms with Crippen LogP contribution in [0, 0.1) is 0 Å². The van der Waals surface area contributed by atoms with Crippen molar-refractivity contribution in [3.8, 4) is 0 Å². The van der Waals surface area contributed by atoms with Crippen LogP contribution in [0.2, 0.25) is 5.15 Å². The molecule has 1 aromatic rings. The Labute approximate surface area is 105 Å². The van der Waals surface area contributed by atoms with Gasteiger partial charge in [-0.15, -0.1) is 0 Å². The van der Waals surface area contributed by atoms with E-state index in [0.717, 1.165) is 0 Å². The van der Waals surface area contributed by atoms with Gasteiger partial charge in [-0.05, 0) is 19.9 Å². The van der Waals surface area contributed by atoms with Crippen molar-refractivity contribution >= 4 is 23.2 Å². The fourth-order valence-corrected chi connectivity index (χ4v) is 1.64. The number of anilines is 1. The number of nitrogens with two attached hydrogens (primary N) is 1. The van der Waals surface area contributed by atoms with Gasteiger partial charge in [0, 0.05) is 13.6 Å². The van der Waals surface area contributed by atoms with Crippen molar-refractivity contribution in [3.05, 3.63) is 23.0 Å². The maximum atomic E-state index is 12.0. The zero-order valence-electron chi connectivity index (χ0n) is 10.1. The summed E-state index contributed by atoms with van der Waals surface area (Å²) >= 11 is 5.71. The van der Waals surface area contributed by atoms with Gasteiger partial charge in [0.15, 0.2) is 0 Å². The van der Waals surface area contributed by atoms with Gasteiger partial charge < -0.3 is 15.7 Å². The van der Waals surface area contributed by atoms with Crippen molar-refractivity contribution in [1.82, 2.24) is 9.88 Å². The summed E-state index contributed by atoms with van der Waals surface area (Å²) in [5, 5.41) is 9.85. The molecule has 0 aliphatic rings. The second kappa shape index (κ2) is 4.89. The number of rotatable bonds is 3. The standard InChI is InChI=1S/C11H16ClN3O2/c1-11(2,17)6-15(3)10(16)7-4-9(12)14-5-8(7)13/h4-5,17H,6,13H2,1-3H3. The molecule has 0 aromatic carbocycles. The smallest absolute Gasteiger partial charge is 0.255 e. The average molecular weight is 258 g/mol. The van der Waals surface area contributed by atoms with Gasteiger partial charge in [0.2, 0.25) is 0 Å². The number of hydrogen-bond acceptors (Lipinski definition) is 4. The third-order valence-electron chi connectivity index (χ3n) is 2.10. The largest absolute Gasteiger partial charge is 0.397 e. The average Bonchev–Trinajstić information content (AvgIpc) is 2.18. The number of carbonyl (C=O) groups excluding carboxylic acids is 1. The summed E-state index contributed by atoms with van der Waals surface area (Å²) in [5.41, 5.74) is 5.25. The second-order valence-corrected chi connectivity index (χ2v) is 4.96. The lowest BCUT2D eigenvalue weighted by atomic mass is 10.1. The van der Waals surface area contributed by atoms with Gasteiger partial charge >= 0.3 is 0 Å². The molecule has 0 bridgehead atoms. The van der Waals surface area contributed by atoms with Crippen LogP contribution in [0.3, 0.4) is 0 Å². The van der Waals surface area contributed by atoms with Gasteiger partial charge in [-0.1, -0.05) is 11.6 Å². The second-order valence-electron chi connectivity index (χ2n) is 4.57. The van der Waals surface area contributed by atoms with Crippen LogP contribution in [0.15, 0.2) is 12.3 Å². The van der Waals surface area contributed by atoms with Gasteiger partial charge in [0.25, 0.3) is 5.91 Å². The number of nitrogens with zero attached hydrogens (tertiary/aromatic N) is 2. The van der Waals surface area contributed by atoms with Gasteiger partial charge in [-0.2, -0.15) is 0 Å². The van der Waals surface area contributed by atoms with E-state index in [9.17, 15) is 9.90 Å². The van der Waals surface area contributed by atoms with E-state index in [1.54, 1.807) is 20.9 Å². The third kappa shape index (κ3) is 3.87. The molecule has 1 aromatic heterocycles. The summed E-state index contributed by atoms with van der Waals surface area (Å²) in [4.78, 5) is 17.2. The summed E-state index contributed by atoms with van der Waals surface area (Å²) in [6.45, 7) is 3.45. The fraction of sp³-hybridized carbons (Fsp3) is 0.455. The third-order valence-corrected chi connectivity index (χ3v) is 2.31. The van der Waals surface area contributed by atoms with Crippen molar-refractivity contribution in [1.29, 1.82) is 0 Å². The number of hydrogen-bond donors (Lipinski definition) is 2. The summed E-state index contributed by atoms with van der Waals surface area (Å²) in [7, 11) is 1.59. The van der Waals surface area contributed by atoms with Crippen LogP contribution in [-0.4, -0.2) is 40.1 Å². The van der Waals surface area contributed by atoms with Crippen LogP contribution >= 0.6 is 11.6 Å². The van der Waals surface area contributed by atoms with E-state index in [-0.39, 0.29) is 28.9 Å². The molecule has 3 N–H and O–H groups in total. The molecule has 1 amide bonds. The van der Waals surface area contributed by atoms with Gasteiger partial charge in [0.05, 0.1) is 23.0 Å². The number of pyridine rings is 1. The normalized spacial score (nSPS) is 11.4. The van der Waals surface area contributed by atoms with Crippen molar-refractivity contribution < 1.29 is 9.90 Å². The molecule has 1 heterocycles. The van der Waals surface area contributed by atoms with E-state index < -0.39 is 5.60 Å². The number of aliphatic hydroxyl groups is 1. The minimum atomic E-state index is -0.962. The van der Waals surface area contributed by atoms with Gasteiger partial charge in [0.1, 0.15) is 5.15 Å². The number of halogens is 1. The molecule has 0 radical (unpaired) electrons. The maximum absolute atomic E-state index is 12.0. The highest BCUT2D eigenvalue weighted by atomic mass is 35.5. The molecule has 0 saturated heterocycles. The molecular weight excluding hydrogens is 242 g/mol. The Bertz CT molecular complexity index is 429. The highest BCUT2D eigenvalue weighted by Gasteiger charge is 2.22. The predicted molar refractivity (Wildman–Crippen MR) is 66.9 cm³/mol. The maximum Gasteiger partial charge on any atom is 0.255 e. The first-order valence-electron chi connectivity index (χ1n) is 5.09. The Morgan fingerprint density at radius 1 is 1.65 bits per heavy atom. The lowest BCUT2D eigenvalue weighted by Gasteiger charge is -2.25. The minimum Gasteiger partial charge on any atom is -0.397 e. The van der Waals surface area contributed by atoms with Crippen molar-refractivity contribution in [2.45, 2.75) is 19.4 Å². The Hall–Kier alpha value is -1.33. The highest BCUT2D eigenvalue weighted by molar-refractivity contribution is 6.29. The van der Waals surface area contributed by atoms with Crippen LogP contribution in [0.25, 0.3) is 0 Å². The fourth-order valence-electron chi connectivity index (χ4n) is 1.48. The lowest BCUT2D eigenvalue weighted by molar-refractivity contribution is 0.0368. The van der Waals surface area contributed by atoms with Crippen LogP contribution in [0.5, 0.6) is 0 Å². The quantitative estimate of drug-likeness (QED) is 0.797. The van der Waals surface area contributed by atoms with Gasteiger partial charge in [-0.25, -0.2) is 4.98 Å². The molecule has 0 aliphatic heterocycles. The summed E-state index contributed by atoms with van der Waals surface area (Å²) in [5.74, 6) is -0.297. The molecule has 0 unspecified atom stereocenters. The van der Waals surface area contributed by atoms with Crippen molar-refractivity contribution in [2.75, 3.05) is 19.3 Å². The zero-order valence-corrected chi connectivity index (χ0v) is 10.8. The molecule has 0 fully saturated rings. The molecule has 0 saturated carbocycles. The molecule has 0 atom stereocenters. The van der Waals surface area contributed by atoms with Gasteiger partial charge in [-0.3, -0.25) is 4.79 Å². The molecule has 0 aliphatic carbocycles. The first kappa shape index (κ1) is 13.7. The molecule has 94 valence electrons. The molecule has 1 rings (SSSR count). The highest BCUT2D eigenvalue weighted by Crippen LogP contribution is 2.17. The molecule has 0 spiro atoms. The lowest BCUT2D eigenvalue weighted by Crippen LogP contribution is -2.39. The topological polar surface area (TPSA) is 79.5 Å².